The third-order valence-electron chi connectivity index (χ3n) is 2.03. The molecule has 8 heteroatoms. The fourth-order valence-electron chi connectivity index (χ4n) is 1.19. The van der Waals surface area contributed by atoms with Crippen molar-refractivity contribution in [3.63, 3.8) is 0 Å². The normalized spacial score (nSPS) is 11.8. The molecule has 0 aliphatic rings. The smallest absolute Gasteiger partial charge is 0.342 e. The minimum absolute atomic E-state index is 0.139. The molecule has 0 spiro atoms. The maximum Gasteiger partial charge on any atom is 0.342 e. The largest absolute Gasteiger partial charge is 0.477 e. The zero-order chi connectivity index (χ0) is 13.8. The quantitative estimate of drug-likeness (QED) is 0.647. The molecule has 0 bridgehead atoms. The number of hydrogen-bond donors (Lipinski definition) is 1. The van der Waals surface area contributed by atoms with Crippen molar-refractivity contribution in [1.82, 2.24) is 10.2 Å². The molecule has 2 aromatic heterocycles. The second kappa shape index (κ2) is 6.36. The zero-order valence-electron chi connectivity index (χ0n) is 9.79. The number of carboxylic acid groups (broad SMARTS) is 1. The van der Waals surface area contributed by atoms with E-state index in [1.54, 1.807) is 6.08 Å². The topological polar surface area (TPSA) is 76.2 Å². The van der Waals surface area contributed by atoms with E-state index in [1.165, 1.54) is 11.3 Å². The first kappa shape index (κ1) is 14.3. The van der Waals surface area contributed by atoms with E-state index >= 15 is 0 Å². The Kier molecular flexibility index (Phi) is 4.78. The Balaban J connectivity index is 2.21. The zero-order valence-corrected chi connectivity index (χ0v) is 13.0. The summed E-state index contributed by atoms with van der Waals surface area (Å²) in [6.45, 7) is 1.89. The van der Waals surface area contributed by atoms with Gasteiger partial charge in [0.1, 0.15) is 4.91 Å². The van der Waals surface area contributed by atoms with Gasteiger partial charge in [0.05, 0.1) is 3.79 Å². The summed E-state index contributed by atoms with van der Waals surface area (Å²) < 4.78 is 6.23. The maximum absolute atomic E-state index is 11.2. The molecular weight excluding hydrogens is 352 g/mol. The standard InChI is InChI=1S/C11H9BrN2O3S2/c1-2-9-13-14-11(17-9)19-7(10(15)16)5-6-3-4-8(12)18-6/h3-5H,2H2,1H3,(H,15,16)/b7-5-. The van der Waals surface area contributed by atoms with Gasteiger partial charge in [-0.15, -0.1) is 21.5 Å². The fraction of sp³-hybridized carbons (Fsp3) is 0.182. The number of hydrogen-bond acceptors (Lipinski definition) is 6. The van der Waals surface area contributed by atoms with Crippen molar-refractivity contribution in [3.05, 3.63) is 31.6 Å². The molecule has 100 valence electrons. The van der Waals surface area contributed by atoms with Gasteiger partial charge in [0.2, 0.25) is 5.89 Å². The monoisotopic (exact) mass is 360 g/mol. The lowest BCUT2D eigenvalue weighted by molar-refractivity contribution is -0.131. The van der Waals surface area contributed by atoms with E-state index < -0.39 is 5.97 Å². The molecule has 0 amide bonds. The molecule has 0 aliphatic carbocycles. The molecule has 0 unspecified atom stereocenters. The molecule has 0 radical (unpaired) electrons. The summed E-state index contributed by atoms with van der Waals surface area (Å²) >= 11 is 5.73. The van der Waals surface area contributed by atoms with Crippen LogP contribution in [0.5, 0.6) is 0 Å². The summed E-state index contributed by atoms with van der Waals surface area (Å²) in [4.78, 5) is 12.2. The van der Waals surface area contributed by atoms with E-state index in [0.717, 1.165) is 20.4 Å². The van der Waals surface area contributed by atoms with Gasteiger partial charge < -0.3 is 9.52 Å². The second-order valence-electron chi connectivity index (χ2n) is 3.37. The first-order valence-electron chi connectivity index (χ1n) is 5.29. The summed E-state index contributed by atoms with van der Waals surface area (Å²) in [7, 11) is 0. The van der Waals surface area contributed by atoms with Gasteiger partial charge >= 0.3 is 5.97 Å². The summed E-state index contributed by atoms with van der Waals surface area (Å²) in [5.74, 6) is -0.531. The molecule has 0 atom stereocenters. The molecule has 2 heterocycles. The number of rotatable bonds is 5. The van der Waals surface area contributed by atoms with Crippen LogP contribution in [0.15, 0.2) is 30.5 Å². The lowest BCUT2D eigenvalue weighted by Crippen LogP contribution is -1.96. The number of carbonyl (C=O) groups is 1. The summed E-state index contributed by atoms with van der Waals surface area (Å²) in [5, 5.41) is 17.0. The molecule has 0 aliphatic heterocycles. The Morgan fingerprint density at radius 2 is 2.37 bits per heavy atom. The summed E-state index contributed by atoms with van der Waals surface area (Å²) in [6.07, 6.45) is 2.20. The van der Waals surface area contributed by atoms with Crippen LogP contribution >= 0.6 is 39.0 Å². The first-order chi connectivity index (χ1) is 9.08. The maximum atomic E-state index is 11.2. The highest BCUT2D eigenvalue weighted by molar-refractivity contribution is 9.11. The number of aliphatic carboxylic acids is 1. The van der Waals surface area contributed by atoms with Gasteiger partial charge in [-0.2, -0.15) is 0 Å². The number of carboxylic acids is 1. The van der Waals surface area contributed by atoms with Crippen LogP contribution in [-0.2, 0) is 11.2 Å². The van der Waals surface area contributed by atoms with E-state index in [-0.39, 0.29) is 10.1 Å². The van der Waals surface area contributed by atoms with Crippen LogP contribution in [0.1, 0.15) is 17.7 Å². The predicted octanol–water partition coefficient (Wildman–Crippen LogP) is 3.67. The molecule has 2 rings (SSSR count). The Hall–Kier alpha value is -1.12. The molecule has 0 aromatic carbocycles. The van der Waals surface area contributed by atoms with Crippen molar-refractivity contribution < 1.29 is 14.3 Å². The summed E-state index contributed by atoms with van der Waals surface area (Å²) in [5.41, 5.74) is 0. The van der Waals surface area contributed by atoms with Crippen LogP contribution in [0.3, 0.4) is 0 Å². The van der Waals surface area contributed by atoms with Gasteiger partial charge in [0.15, 0.2) is 0 Å². The number of halogens is 1. The molecular formula is C11H9BrN2O3S2. The van der Waals surface area contributed by atoms with Crippen molar-refractivity contribution in [1.29, 1.82) is 0 Å². The van der Waals surface area contributed by atoms with Gasteiger partial charge in [0.25, 0.3) is 5.22 Å². The van der Waals surface area contributed by atoms with Crippen LogP contribution in [0.25, 0.3) is 6.08 Å². The highest BCUT2D eigenvalue weighted by Crippen LogP contribution is 2.30. The number of nitrogens with zero attached hydrogens (tertiary/aromatic N) is 2. The van der Waals surface area contributed by atoms with E-state index in [4.69, 9.17) is 4.42 Å². The highest BCUT2D eigenvalue weighted by Gasteiger charge is 2.15. The first-order valence-corrected chi connectivity index (χ1v) is 7.71. The minimum Gasteiger partial charge on any atom is -0.477 e. The number of aryl methyl sites for hydroxylation is 1. The fourth-order valence-corrected chi connectivity index (χ4v) is 3.31. The Morgan fingerprint density at radius 3 is 2.89 bits per heavy atom. The number of aromatic nitrogens is 2. The van der Waals surface area contributed by atoms with Gasteiger partial charge in [-0.05, 0) is 45.9 Å². The number of thioether (sulfide) groups is 1. The average molecular weight is 361 g/mol. The molecule has 19 heavy (non-hydrogen) atoms. The Labute approximate surface area is 125 Å². The lowest BCUT2D eigenvalue weighted by Gasteiger charge is -1.96. The van der Waals surface area contributed by atoms with E-state index in [2.05, 4.69) is 26.1 Å². The van der Waals surface area contributed by atoms with Crippen molar-refractivity contribution in [2.75, 3.05) is 0 Å². The van der Waals surface area contributed by atoms with E-state index in [1.807, 2.05) is 19.1 Å². The van der Waals surface area contributed by atoms with Crippen LogP contribution in [-0.4, -0.2) is 21.3 Å². The van der Waals surface area contributed by atoms with Gasteiger partial charge in [0, 0.05) is 11.3 Å². The SMILES string of the molecule is CCc1nnc(S/C(=C\c2ccc(Br)s2)C(=O)O)o1. The van der Waals surface area contributed by atoms with Gasteiger partial charge in [-0.3, -0.25) is 0 Å². The van der Waals surface area contributed by atoms with Crippen LogP contribution in [0, 0.1) is 0 Å². The molecule has 2 aromatic rings. The van der Waals surface area contributed by atoms with Crippen molar-refractivity contribution >= 4 is 51.1 Å². The van der Waals surface area contributed by atoms with Crippen LogP contribution in [0.2, 0.25) is 0 Å². The van der Waals surface area contributed by atoms with Crippen molar-refractivity contribution in [2.24, 2.45) is 0 Å². The Bertz CT molecular complexity index is 621. The number of thiophene rings is 1. The molecule has 5 nitrogen and oxygen atoms in total. The Morgan fingerprint density at radius 1 is 1.58 bits per heavy atom. The van der Waals surface area contributed by atoms with Crippen LogP contribution < -0.4 is 0 Å². The van der Waals surface area contributed by atoms with Crippen LogP contribution in [0.4, 0.5) is 0 Å². The van der Waals surface area contributed by atoms with Gasteiger partial charge in [-0.25, -0.2) is 4.79 Å². The van der Waals surface area contributed by atoms with Crippen molar-refractivity contribution in [3.8, 4) is 0 Å². The van der Waals surface area contributed by atoms with E-state index in [0.29, 0.717) is 12.3 Å². The molecule has 0 saturated heterocycles. The van der Waals surface area contributed by atoms with Gasteiger partial charge in [-0.1, -0.05) is 6.92 Å². The minimum atomic E-state index is -1.02. The predicted molar refractivity (Wildman–Crippen MR) is 77.2 cm³/mol. The third kappa shape index (κ3) is 3.92. The van der Waals surface area contributed by atoms with Crippen molar-refractivity contribution in [2.45, 2.75) is 18.6 Å². The molecule has 0 saturated carbocycles. The highest BCUT2D eigenvalue weighted by atomic mass is 79.9. The molecule has 1 N–H and O–H groups in total. The lowest BCUT2D eigenvalue weighted by atomic mass is 10.4. The van der Waals surface area contributed by atoms with E-state index in [9.17, 15) is 9.90 Å². The third-order valence-corrected chi connectivity index (χ3v) is 4.45. The summed E-state index contributed by atoms with van der Waals surface area (Å²) in [6, 6.07) is 3.70. The molecule has 0 fully saturated rings. The average Bonchev–Trinajstić information content (AvgIpc) is 2.97. The second-order valence-corrected chi connectivity index (χ2v) is 6.86.